The van der Waals surface area contributed by atoms with Crippen LogP contribution in [-0.2, 0) is 0 Å². The summed E-state index contributed by atoms with van der Waals surface area (Å²) in [4.78, 5) is 14.7. The second-order valence-corrected chi connectivity index (χ2v) is 11.6. The van der Waals surface area contributed by atoms with Crippen molar-refractivity contribution in [2.24, 2.45) is 0 Å². The molecular weight excluding hydrogens is 574 g/mol. The fraction of sp³-hybridized carbons (Fsp3) is 0. The number of hydrogen-bond donors (Lipinski definition) is 0. The molecule has 0 atom stereocenters. The Kier molecular flexibility index (Phi) is 6.43. The van der Waals surface area contributed by atoms with E-state index in [0.717, 1.165) is 60.5 Å². The molecule has 2 aromatic heterocycles. The third-order valence-corrected chi connectivity index (χ3v) is 8.74. The highest BCUT2D eigenvalue weighted by molar-refractivity contribution is 6.23. The molecule has 0 bridgehead atoms. The van der Waals surface area contributed by atoms with Gasteiger partial charge in [-0.05, 0) is 39.8 Å². The van der Waals surface area contributed by atoms with Crippen molar-refractivity contribution >= 4 is 32.7 Å². The van der Waals surface area contributed by atoms with Crippen LogP contribution in [0.25, 0.3) is 89.1 Å². The lowest BCUT2D eigenvalue weighted by molar-refractivity contribution is 0.673. The molecule has 0 radical (unpaired) electrons. The number of rotatable bonds is 5. The molecule has 7 aromatic carbocycles. The molecule has 0 fully saturated rings. The van der Waals surface area contributed by atoms with E-state index in [-0.39, 0.29) is 0 Å². The van der Waals surface area contributed by atoms with E-state index < -0.39 is 0 Å². The molecule has 0 N–H and O–H groups in total. The normalized spacial score (nSPS) is 11.4. The van der Waals surface area contributed by atoms with Crippen LogP contribution in [0, 0.1) is 0 Å². The zero-order valence-electron chi connectivity index (χ0n) is 25.3. The molecule has 47 heavy (non-hydrogen) atoms. The highest BCUT2D eigenvalue weighted by atomic mass is 16.3. The van der Waals surface area contributed by atoms with E-state index in [9.17, 15) is 0 Å². The van der Waals surface area contributed by atoms with Gasteiger partial charge in [0.05, 0.1) is 0 Å². The Morgan fingerprint density at radius 3 is 1.43 bits per heavy atom. The maximum atomic E-state index is 6.60. The quantitative estimate of drug-likeness (QED) is 0.197. The van der Waals surface area contributed by atoms with E-state index in [1.54, 1.807) is 0 Å². The third kappa shape index (κ3) is 4.75. The van der Waals surface area contributed by atoms with Gasteiger partial charge in [-0.1, -0.05) is 152 Å². The Hall–Kier alpha value is -6.39. The predicted molar refractivity (Wildman–Crippen MR) is 192 cm³/mol. The fourth-order valence-electron chi connectivity index (χ4n) is 6.47. The van der Waals surface area contributed by atoms with Crippen molar-refractivity contribution in [1.29, 1.82) is 0 Å². The first-order valence-corrected chi connectivity index (χ1v) is 15.7. The molecule has 0 amide bonds. The second-order valence-electron chi connectivity index (χ2n) is 11.6. The van der Waals surface area contributed by atoms with Crippen molar-refractivity contribution in [3.05, 3.63) is 164 Å². The summed E-state index contributed by atoms with van der Waals surface area (Å²) < 4.78 is 6.60. The van der Waals surface area contributed by atoms with Gasteiger partial charge in [0.15, 0.2) is 17.5 Å². The monoisotopic (exact) mass is 601 g/mol. The summed E-state index contributed by atoms with van der Waals surface area (Å²) >= 11 is 0. The van der Waals surface area contributed by atoms with E-state index >= 15 is 0 Å². The lowest BCUT2D eigenvalue weighted by Crippen LogP contribution is -2.00. The zero-order valence-corrected chi connectivity index (χ0v) is 25.3. The molecule has 4 nitrogen and oxygen atoms in total. The minimum atomic E-state index is 0.632. The van der Waals surface area contributed by atoms with Crippen molar-refractivity contribution < 1.29 is 4.42 Å². The predicted octanol–water partition coefficient (Wildman–Crippen LogP) is 11.3. The van der Waals surface area contributed by atoms with Gasteiger partial charge >= 0.3 is 0 Å². The summed E-state index contributed by atoms with van der Waals surface area (Å²) in [5.74, 6) is 1.93. The first-order valence-electron chi connectivity index (χ1n) is 15.7. The van der Waals surface area contributed by atoms with E-state index in [4.69, 9.17) is 19.4 Å². The second kappa shape index (κ2) is 11.2. The smallest absolute Gasteiger partial charge is 0.164 e. The highest BCUT2D eigenvalue weighted by Crippen LogP contribution is 2.43. The molecule has 9 aromatic rings. The van der Waals surface area contributed by atoms with Crippen LogP contribution in [0.15, 0.2) is 168 Å². The van der Waals surface area contributed by atoms with Crippen molar-refractivity contribution in [2.45, 2.75) is 0 Å². The number of nitrogens with zero attached hydrogens (tertiary/aromatic N) is 3. The van der Waals surface area contributed by atoms with E-state index in [1.807, 2.05) is 72.8 Å². The molecule has 0 saturated carbocycles. The summed E-state index contributed by atoms with van der Waals surface area (Å²) in [5, 5.41) is 4.47. The topological polar surface area (TPSA) is 51.8 Å². The maximum absolute atomic E-state index is 6.60. The number of para-hydroxylation sites is 1. The van der Waals surface area contributed by atoms with Crippen molar-refractivity contribution in [1.82, 2.24) is 15.0 Å². The van der Waals surface area contributed by atoms with Crippen LogP contribution < -0.4 is 0 Å². The molecule has 0 spiro atoms. The minimum Gasteiger partial charge on any atom is -0.455 e. The average Bonchev–Trinajstić information content (AvgIpc) is 3.55. The lowest BCUT2D eigenvalue weighted by atomic mass is 9.91. The third-order valence-electron chi connectivity index (χ3n) is 8.74. The van der Waals surface area contributed by atoms with Crippen LogP contribution in [0.1, 0.15) is 0 Å². The number of benzene rings is 7. The van der Waals surface area contributed by atoms with Gasteiger partial charge < -0.3 is 4.42 Å². The van der Waals surface area contributed by atoms with Gasteiger partial charge in [0.1, 0.15) is 11.2 Å². The standard InChI is InChI=1S/C43H27N3O/c1-4-13-28(14-5-1)33-20-12-21-34-37(33)27-36(39-35-19-10-11-22-38(35)47-40(34)39)29-23-25-32(26-24-29)43-45-41(30-15-6-2-7-16-30)44-42(46-43)31-17-8-3-9-18-31/h1-27H. The summed E-state index contributed by atoms with van der Waals surface area (Å²) in [7, 11) is 0. The molecular formula is C43H27N3O. The van der Waals surface area contributed by atoms with Crippen molar-refractivity contribution in [3.8, 4) is 56.4 Å². The first-order chi connectivity index (χ1) is 23.3. The Bertz CT molecular complexity index is 2480. The largest absolute Gasteiger partial charge is 0.455 e. The van der Waals surface area contributed by atoms with E-state index in [1.165, 1.54) is 11.1 Å². The van der Waals surface area contributed by atoms with Gasteiger partial charge in [-0.25, -0.2) is 15.0 Å². The summed E-state index contributed by atoms with van der Waals surface area (Å²) in [6.45, 7) is 0. The Morgan fingerprint density at radius 2 is 0.809 bits per heavy atom. The number of fused-ring (bicyclic) bond motifs is 5. The van der Waals surface area contributed by atoms with Gasteiger partial charge in [0.25, 0.3) is 0 Å². The summed E-state index contributed by atoms with van der Waals surface area (Å²) in [6.07, 6.45) is 0. The fourth-order valence-corrected chi connectivity index (χ4v) is 6.47. The number of hydrogen-bond acceptors (Lipinski definition) is 4. The molecule has 0 aliphatic rings. The van der Waals surface area contributed by atoms with Crippen LogP contribution >= 0.6 is 0 Å². The van der Waals surface area contributed by atoms with E-state index in [2.05, 4.69) is 91.0 Å². The van der Waals surface area contributed by atoms with Gasteiger partial charge in [0, 0.05) is 32.8 Å². The molecule has 0 unspecified atom stereocenters. The summed E-state index contributed by atoms with van der Waals surface area (Å²) in [6, 6.07) is 56.3. The van der Waals surface area contributed by atoms with Crippen LogP contribution in [0.2, 0.25) is 0 Å². The number of furan rings is 1. The van der Waals surface area contributed by atoms with Gasteiger partial charge in [-0.3, -0.25) is 0 Å². The molecule has 4 heteroatoms. The van der Waals surface area contributed by atoms with Crippen LogP contribution in [0.4, 0.5) is 0 Å². The van der Waals surface area contributed by atoms with Gasteiger partial charge in [0.2, 0.25) is 0 Å². The van der Waals surface area contributed by atoms with Crippen LogP contribution in [0.5, 0.6) is 0 Å². The molecule has 2 heterocycles. The number of aromatic nitrogens is 3. The van der Waals surface area contributed by atoms with Gasteiger partial charge in [-0.2, -0.15) is 0 Å². The van der Waals surface area contributed by atoms with Crippen molar-refractivity contribution in [2.75, 3.05) is 0 Å². The van der Waals surface area contributed by atoms with Crippen molar-refractivity contribution in [3.63, 3.8) is 0 Å². The molecule has 0 saturated heterocycles. The average molecular weight is 602 g/mol. The SMILES string of the molecule is c1ccc(-c2nc(-c3ccccc3)nc(-c3ccc(-c4cc5c(-c6ccccc6)cccc5c5oc6ccccc6c45)cc3)n2)cc1. The summed E-state index contributed by atoms with van der Waals surface area (Å²) in [5.41, 5.74) is 9.17. The molecule has 0 aliphatic heterocycles. The molecule has 9 rings (SSSR count). The Morgan fingerprint density at radius 1 is 0.340 bits per heavy atom. The maximum Gasteiger partial charge on any atom is 0.164 e. The zero-order chi connectivity index (χ0) is 31.2. The lowest BCUT2D eigenvalue weighted by Gasteiger charge is -2.12. The van der Waals surface area contributed by atoms with Crippen LogP contribution in [0.3, 0.4) is 0 Å². The van der Waals surface area contributed by atoms with Gasteiger partial charge in [-0.15, -0.1) is 0 Å². The highest BCUT2D eigenvalue weighted by Gasteiger charge is 2.19. The minimum absolute atomic E-state index is 0.632. The Balaban J connectivity index is 1.23. The molecule has 220 valence electrons. The van der Waals surface area contributed by atoms with E-state index in [0.29, 0.717) is 17.5 Å². The Labute approximate surface area is 271 Å². The van der Waals surface area contributed by atoms with Crippen LogP contribution in [-0.4, -0.2) is 15.0 Å². The molecule has 0 aliphatic carbocycles. The first kappa shape index (κ1) is 27.0.